The largest absolute Gasteiger partial charge is 0.363 e. The van der Waals surface area contributed by atoms with E-state index < -0.39 is 0 Å². The Balaban J connectivity index is 1.87. The fourth-order valence-corrected chi connectivity index (χ4v) is 2.49. The predicted octanol–water partition coefficient (Wildman–Crippen LogP) is 2.38. The third kappa shape index (κ3) is 2.14. The molecule has 0 aromatic carbocycles. The second kappa shape index (κ2) is 4.51. The monoisotopic (exact) mass is 280 g/mol. The smallest absolute Gasteiger partial charge is 0.226 e. The van der Waals surface area contributed by atoms with E-state index in [1.165, 1.54) is 0 Å². The van der Waals surface area contributed by atoms with Crippen LogP contribution in [0.25, 0.3) is 11.2 Å². The van der Waals surface area contributed by atoms with Crippen LogP contribution in [-0.2, 0) is 6.54 Å². The molecule has 0 atom stereocenters. The van der Waals surface area contributed by atoms with Crippen LogP contribution in [-0.4, -0.2) is 24.9 Å². The van der Waals surface area contributed by atoms with E-state index >= 15 is 0 Å². The lowest BCUT2D eigenvalue weighted by Crippen LogP contribution is -2.02. The van der Waals surface area contributed by atoms with Crippen molar-refractivity contribution in [3.05, 3.63) is 27.7 Å². The van der Waals surface area contributed by atoms with Crippen LogP contribution in [0.3, 0.4) is 0 Å². The molecule has 3 aromatic rings. The van der Waals surface area contributed by atoms with Gasteiger partial charge in [-0.05, 0) is 18.5 Å². The molecule has 3 rings (SSSR count). The molecule has 8 heteroatoms. The number of aromatic amines is 1. The highest BCUT2D eigenvalue weighted by Crippen LogP contribution is 2.20. The van der Waals surface area contributed by atoms with Gasteiger partial charge in [-0.3, -0.25) is 0 Å². The van der Waals surface area contributed by atoms with Crippen molar-refractivity contribution < 1.29 is 0 Å². The maximum absolute atomic E-state index is 5.84. The van der Waals surface area contributed by atoms with Crippen molar-refractivity contribution in [2.75, 3.05) is 5.32 Å². The van der Waals surface area contributed by atoms with E-state index in [0.29, 0.717) is 18.0 Å². The number of aromatic nitrogens is 5. The van der Waals surface area contributed by atoms with Crippen LogP contribution < -0.4 is 5.32 Å². The average molecular weight is 281 g/mol. The molecule has 0 fully saturated rings. The Morgan fingerprint density at radius 2 is 2.28 bits per heavy atom. The highest BCUT2D eigenvalue weighted by molar-refractivity contribution is 7.11. The Bertz CT molecular complexity index is 691. The van der Waals surface area contributed by atoms with Gasteiger partial charge in [0, 0.05) is 11.1 Å². The molecule has 0 spiro atoms. The number of hydrogen-bond acceptors (Lipinski definition) is 6. The molecule has 3 heterocycles. The number of halogens is 1. The van der Waals surface area contributed by atoms with Gasteiger partial charge in [0.15, 0.2) is 11.5 Å². The number of fused-ring (bicyclic) bond motifs is 1. The van der Waals surface area contributed by atoms with E-state index in [0.717, 1.165) is 15.4 Å². The van der Waals surface area contributed by atoms with Gasteiger partial charge in [-0.1, -0.05) is 0 Å². The van der Waals surface area contributed by atoms with Gasteiger partial charge in [0.05, 0.1) is 17.9 Å². The lowest BCUT2D eigenvalue weighted by molar-refractivity contribution is 1.11. The Kier molecular flexibility index (Phi) is 2.85. The summed E-state index contributed by atoms with van der Waals surface area (Å²) in [4.78, 5) is 20.5. The third-order valence-electron chi connectivity index (χ3n) is 2.36. The molecule has 92 valence electrons. The lowest BCUT2D eigenvalue weighted by atomic mass is 10.4. The summed E-state index contributed by atoms with van der Waals surface area (Å²) in [7, 11) is 0. The molecular weight excluding hydrogens is 272 g/mol. The molecular formula is C10H9ClN6S. The molecule has 0 saturated heterocycles. The first-order valence-corrected chi connectivity index (χ1v) is 6.43. The third-order valence-corrected chi connectivity index (χ3v) is 3.44. The quantitative estimate of drug-likeness (QED) is 0.720. The lowest BCUT2D eigenvalue weighted by Gasteiger charge is -2.04. The molecule has 3 aromatic heterocycles. The van der Waals surface area contributed by atoms with Gasteiger partial charge >= 0.3 is 0 Å². The van der Waals surface area contributed by atoms with Crippen LogP contribution in [0.5, 0.6) is 0 Å². The van der Waals surface area contributed by atoms with Crippen LogP contribution >= 0.6 is 22.9 Å². The topological polar surface area (TPSA) is 79.4 Å². The molecule has 0 radical (unpaired) electrons. The van der Waals surface area contributed by atoms with Gasteiger partial charge in [-0.15, -0.1) is 11.3 Å². The van der Waals surface area contributed by atoms with Crippen molar-refractivity contribution in [1.29, 1.82) is 0 Å². The summed E-state index contributed by atoms with van der Waals surface area (Å²) >= 11 is 7.48. The summed E-state index contributed by atoms with van der Waals surface area (Å²) in [5.41, 5.74) is 1.30. The molecule has 18 heavy (non-hydrogen) atoms. The van der Waals surface area contributed by atoms with Crippen LogP contribution in [0.2, 0.25) is 5.28 Å². The highest BCUT2D eigenvalue weighted by Gasteiger charge is 2.08. The number of H-pyrrole nitrogens is 1. The van der Waals surface area contributed by atoms with Gasteiger partial charge < -0.3 is 10.3 Å². The van der Waals surface area contributed by atoms with E-state index in [1.807, 2.05) is 13.1 Å². The van der Waals surface area contributed by atoms with E-state index in [-0.39, 0.29) is 5.28 Å². The number of hydrogen-bond donors (Lipinski definition) is 2. The summed E-state index contributed by atoms with van der Waals surface area (Å²) in [6.07, 6.45) is 3.41. The van der Waals surface area contributed by atoms with Gasteiger partial charge in [0.1, 0.15) is 5.52 Å². The van der Waals surface area contributed by atoms with Crippen molar-refractivity contribution in [3.63, 3.8) is 0 Å². The summed E-state index contributed by atoms with van der Waals surface area (Å²) in [6.45, 7) is 2.62. The summed E-state index contributed by atoms with van der Waals surface area (Å²) in [5.74, 6) is 0.647. The summed E-state index contributed by atoms with van der Waals surface area (Å²) < 4.78 is 0. The van der Waals surface area contributed by atoms with Gasteiger partial charge in [-0.2, -0.15) is 9.97 Å². The first kappa shape index (κ1) is 11.4. The van der Waals surface area contributed by atoms with Crippen molar-refractivity contribution in [1.82, 2.24) is 24.9 Å². The van der Waals surface area contributed by atoms with Gasteiger partial charge in [0.2, 0.25) is 5.28 Å². The molecule has 0 aliphatic carbocycles. The molecule has 2 N–H and O–H groups in total. The van der Waals surface area contributed by atoms with Crippen LogP contribution in [0.1, 0.15) is 9.88 Å². The molecule has 0 amide bonds. The van der Waals surface area contributed by atoms with E-state index in [1.54, 1.807) is 17.7 Å². The van der Waals surface area contributed by atoms with Crippen molar-refractivity contribution >= 4 is 39.9 Å². The predicted molar refractivity (Wildman–Crippen MR) is 70.9 cm³/mol. The Morgan fingerprint density at radius 3 is 3.06 bits per heavy atom. The first-order chi connectivity index (χ1) is 8.72. The molecule has 0 aliphatic heterocycles. The second-order valence-electron chi connectivity index (χ2n) is 3.64. The van der Waals surface area contributed by atoms with Crippen LogP contribution in [0, 0.1) is 6.92 Å². The fourth-order valence-electron chi connectivity index (χ4n) is 1.59. The number of aryl methyl sites for hydroxylation is 1. The van der Waals surface area contributed by atoms with Crippen LogP contribution in [0.15, 0.2) is 12.5 Å². The van der Waals surface area contributed by atoms with Crippen molar-refractivity contribution in [3.8, 4) is 0 Å². The maximum atomic E-state index is 5.84. The number of nitrogens with zero attached hydrogens (tertiary/aromatic N) is 4. The number of thiazole rings is 1. The van der Waals surface area contributed by atoms with E-state index in [2.05, 4.69) is 30.2 Å². The number of nitrogens with one attached hydrogen (secondary N) is 2. The molecule has 0 saturated carbocycles. The van der Waals surface area contributed by atoms with Crippen LogP contribution in [0.4, 0.5) is 5.82 Å². The van der Waals surface area contributed by atoms with Crippen molar-refractivity contribution in [2.24, 2.45) is 0 Å². The molecule has 6 nitrogen and oxygen atoms in total. The normalized spacial score (nSPS) is 11.0. The SMILES string of the molecule is Cc1ncc(CNc2nc(Cl)nc3nc[nH]c23)s1. The number of imidazole rings is 1. The molecule has 0 unspecified atom stereocenters. The summed E-state index contributed by atoms with van der Waals surface area (Å²) in [5, 5.41) is 4.43. The second-order valence-corrected chi connectivity index (χ2v) is 5.30. The standard InChI is InChI=1S/C10H9ClN6S/c1-5-12-2-6(18-5)3-13-8-7-9(15-4-14-7)17-10(11)16-8/h2,4H,3H2,1H3,(H2,13,14,15,16,17). The van der Waals surface area contributed by atoms with Gasteiger partial charge in [0.25, 0.3) is 0 Å². The Morgan fingerprint density at radius 1 is 1.39 bits per heavy atom. The minimum atomic E-state index is 0.178. The minimum absolute atomic E-state index is 0.178. The zero-order chi connectivity index (χ0) is 12.5. The number of anilines is 1. The first-order valence-electron chi connectivity index (χ1n) is 5.24. The highest BCUT2D eigenvalue weighted by atomic mass is 35.5. The van der Waals surface area contributed by atoms with E-state index in [9.17, 15) is 0 Å². The maximum Gasteiger partial charge on any atom is 0.226 e. The minimum Gasteiger partial charge on any atom is -0.363 e. The molecule has 0 bridgehead atoms. The summed E-state index contributed by atoms with van der Waals surface area (Å²) in [6, 6.07) is 0. The van der Waals surface area contributed by atoms with Gasteiger partial charge in [-0.25, -0.2) is 9.97 Å². The fraction of sp³-hybridized carbons (Fsp3) is 0.200. The zero-order valence-corrected chi connectivity index (χ0v) is 11.0. The zero-order valence-electron chi connectivity index (χ0n) is 9.44. The number of rotatable bonds is 3. The van der Waals surface area contributed by atoms with E-state index in [4.69, 9.17) is 11.6 Å². The molecule has 0 aliphatic rings. The Hall–Kier alpha value is -1.73. The average Bonchev–Trinajstić information content (AvgIpc) is 2.94. The van der Waals surface area contributed by atoms with Crippen molar-refractivity contribution in [2.45, 2.75) is 13.5 Å². The Labute approximate surface area is 111 Å².